The first kappa shape index (κ1) is 20.8. The average Bonchev–Trinajstić information content (AvgIpc) is 3.23. The van der Waals surface area contributed by atoms with Crippen LogP contribution >= 0.6 is 0 Å². The zero-order valence-electron chi connectivity index (χ0n) is 15.9. The molecule has 1 fully saturated rings. The molecule has 1 unspecified atom stereocenters. The fraction of sp³-hybridized carbons (Fsp3) is 0.400. The van der Waals surface area contributed by atoms with Gasteiger partial charge in [-0.2, -0.15) is 13.2 Å². The number of rotatable bonds is 5. The van der Waals surface area contributed by atoms with Crippen LogP contribution < -0.4 is 15.5 Å². The molecule has 0 bridgehead atoms. The number of amides is 2. The smallest absolute Gasteiger partial charge is 0.416 e. The largest absolute Gasteiger partial charge is 0.459 e. The second-order valence-corrected chi connectivity index (χ2v) is 6.94. The van der Waals surface area contributed by atoms with Crippen molar-refractivity contribution < 1.29 is 27.2 Å². The van der Waals surface area contributed by atoms with Crippen molar-refractivity contribution in [3.8, 4) is 0 Å². The normalized spacial score (nSPS) is 15.7. The minimum absolute atomic E-state index is 0.0396. The molecule has 2 N–H and O–H groups in total. The summed E-state index contributed by atoms with van der Waals surface area (Å²) in [6.07, 6.45) is -0.269. The highest BCUT2D eigenvalue weighted by Crippen LogP contribution is 2.36. The van der Waals surface area contributed by atoms with E-state index in [1.54, 1.807) is 0 Å². The molecule has 9 heteroatoms. The quantitative estimate of drug-likeness (QED) is 0.782. The number of halogens is 3. The van der Waals surface area contributed by atoms with Crippen molar-refractivity contribution in [3.63, 3.8) is 0 Å². The van der Waals surface area contributed by atoms with E-state index in [1.165, 1.54) is 31.4 Å². The molecule has 3 rings (SSSR count). The highest BCUT2D eigenvalue weighted by Gasteiger charge is 2.32. The van der Waals surface area contributed by atoms with Crippen LogP contribution in [0.15, 0.2) is 41.0 Å². The van der Waals surface area contributed by atoms with Crippen LogP contribution in [0.25, 0.3) is 0 Å². The predicted octanol–water partition coefficient (Wildman–Crippen LogP) is 4.05. The van der Waals surface area contributed by atoms with Crippen LogP contribution in [0.1, 0.15) is 42.3 Å². The van der Waals surface area contributed by atoms with Crippen LogP contribution in [-0.4, -0.2) is 30.9 Å². The molecule has 1 atom stereocenters. The average molecular weight is 409 g/mol. The molecule has 1 aromatic heterocycles. The van der Waals surface area contributed by atoms with E-state index in [0.29, 0.717) is 18.8 Å². The Balaban J connectivity index is 1.79. The molecule has 2 amide bonds. The molecule has 0 radical (unpaired) electrons. The Labute approximate surface area is 166 Å². The molecule has 1 saturated heterocycles. The number of nitrogens with zero attached hydrogens (tertiary/aromatic N) is 1. The lowest BCUT2D eigenvalue weighted by Crippen LogP contribution is -2.41. The van der Waals surface area contributed by atoms with Gasteiger partial charge in [0.1, 0.15) is 6.04 Å². The molecule has 0 aliphatic carbocycles. The molecular weight excluding hydrogens is 387 g/mol. The first-order valence-electron chi connectivity index (χ1n) is 9.37. The SMILES string of the molecule is CC(NC(=O)c1ccco1)C(=O)Nc1cc(C(F)(F)F)ccc1N1CCCCC1. The first-order valence-corrected chi connectivity index (χ1v) is 9.37. The van der Waals surface area contributed by atoms with Gasteiger partial charge in [-0.3, -0.25) is 9.59 Å². The third-order valence-electron chi connectivity index (χ3n) is 4.76. The summed E-state index contributed by atoms with van der Waals surface area (Å²) >= 11 is 0. The molecule has 1 aromatic carbocycles. The van der Waals surface area contributed by atoms with Crippen LogP contribution in [0.5, 0.6) is 0 Å². The van der Waals surface area contributed by atoms with Crippen LogP contribution in [0, 0.1) is 0 Å². The lowest BCUT2D eigenvalue weighted by atomic mass is 10.1. The van der Waals surface area contributed by atoms with Gasteiger partial charge in [-0.15, -0.1) is 0 Å². The van der Waals surface area contributed by atoms with E-state index in [0.717, 1.165) is 31.4 Å². The first-order chi connectivity index (χ1) is 13.8. The topological polar surface area (TPSA) is 74.6 Å². The summed E-state index contributed by atoms with van der Waals surface area (Å²) in [5, 5.41) is 5.01. The Hall–Kier alpha value is -2.97. The summed E-state index contributed by atoms with van der Waals surface area (Å²) < 4.78 is 44.5. The molecule has 0 saturated carbocycles. The number of hydrogen-bond donors (Lipinski definition) is 2. The minimum Gasteiger partial charge on any atom is -0.459 e. The van der Waals surface area contributed by atoms with Gasteiger partial charge in [-0.25, -0.2) is 0 Å². The Morgan fingerprint density at radius 1 is 1.14 bits per heavy atom. The van der Waals surface area contributed by atoms with Gasteiger partial charge in [0.05, 0.1) is 23.2 Å². The maximum atomic E-state index is 13.2. The number of nitrogens with one attached hydrogen (secondary N) is 2. The van der Waals surface area contributed by atoms with Gasteiger partial charge in [-0.1, -0.05) is 0 Å². The second kappa shape index (κ2) is 8.59. The van der Waals surface area contributed by atoms with Gasteiger partial charge in [0.25, 0.3) is 5.91 Å². The Morgan fingerprint density at radius 2 is 1.86 bits per heavy atom. The minimum atomic E-state index is -4.53. The lowest BCUT2D eigenvalue weighted by molar-refractivity contribution is -0.137. The van der Waals surface area contributed by atoms with Gasteiger partial charge < -0.3 is 20.0 Å². The molecule has 29 heavy (non-hydrogen) atoms. The maximum absolute atomic E-state index is 13.2. The monoisotopic (exact) mass is 409 g/mol. The van der Waals surface area contributed by atoms with Crippen LogP contribution in [0.4, 0.5) is 24.5 Å². The Kier molecular flexibility index (Phi) is 6.14. The van der Waals surface area contributed by atoms with E-state index in [-0.39, 0.29) is 11.4 Å². The van der Waals surface area contributed by atoms with E-state index in [4.69, 9.17) is 4.42 Å². The zero-order valence-corrected chi connectivity index (χ0v) is 15.9. The number of carbonyl (C=O) groups excluding carboxylic acids is 2. The van der Waals surface area contributed by atoms with Gasteiger partial charge >= 0.3 is 6.18 Å². The summed E-state index contributed by atoms with van der Waals surface area (Å²) in [6, 6.07) is 5.34. The number of piperidine rings is 1. The number of carbonyl (C=O) groups is 2. The maximum Gasteiger partial charge on any atom is 0.416 e. The number of hydrogen-bond acceptors (Lipinski definition) is 4. The summed E-state index contributed by atoms with van der Waals surface area (Å²) in [5.41, 5.74) is -0.234. The van der Waals surface area contributed by atoms with E-state index < -0.39 is 29.6 Å². The number of alkyl halides is 3. The van der Waals surface area contributed by atoms with Crippen LogP contribution in [0.2, 0.25) is 0 Å². The molecular formula is C20H22F3N3O3. The van der Waals surface area contributed by atoms with Crippen molar-refractivity contribution in [1.29, 1.82) is 0 Å². The summed E-state index contributed by atoms with van der Waals surface area (Å²) in [4.78, 5) is 26.6. The van der Waals surface area contributed by atoms with Crippen molar-refractivity contribution >= 4 is 23.2 Å². The predicted molar refractivity (Wildman–Crippen MR) is 102 cm³/mol. The fourth-order valence-electron chi connectivity index (χ4n) is 3.21. The standard InChI is InChI=1S/C20H22F3N3O3/c1-13(24-19(28)17-6-5-11-29-17)18(27)25-15-12-14(20(21,22)23)7-8-16(15)26-9-3-2-4-10-26/h5-8,11-13H,2-4,9-10H2,1H3,(H,24,28)(H,25,27). The number of furan rings is 1. The van der Waals surface area contributed by atoms with E-state index in [2.05, 4.69) is 10.6 Å². The van der Waals surface area contributed by atoms with E-state index in [9.17, 15) is 22.8 Å². The van der Waals surface area contributed by atoms with Gasteiger partial charge in [0.15, 0.2) is 5.76 Å². The number of benzene rings is 1. The second-order valence-electron chi connectivity index (χ2n) is 6.94. The van der Waals surface area contributed by atoms with Crippen molar-refractivity contribution in [2.45, 2.75) is 38.4 Å². The van der Waals surface area contributed by atoms with Crippen molar-refractivity contribution in [1.82, 2.24) is 5.32 Å². The molecule has 156 valence electrons. The summed E-state index contributed by atoms with van der Waals surface area (Å²) in [7, 11) is 0. The fourth-order valence-corrected chi connectivity index (χ4v) is 3.21. The molecule has 0 spiro atoms. The third kappa shape index (κ3) is 5.10. The zero-order chi connectivity index (χ0) is 21.0. The summed E-state index contributed by atoms with van der Waals surface area (Å²) in [5.74, 6) is -1.17. The Morgan fingerprint density at radius 3 is 2.48 bits per heavy atom. The van der Waals surface area contributed by atoms with E-state index >= 15 is 0 Å². The third-order valence-corrected chi connectivity index (χ3v) is 4.76. The highest BCUT2D eigenvalue weighted by molar-refractivity contribution is 6.01. The lowest BCUT2D eigenvalue weighted by Gasteiger charge is -2.31. The molecule has 2 heterocycles. The van der Waals surface area contributed by atoms with Crippen LogP contribution in [-0.2, 0) is 11.0 Å². The van der Waals surface area contributed by atoms with Gasteiger partial charge in [-0.05, 0) is 56.5 Å². The molecule has 1 aliphatic rings. The van der Waals surface area contributed by atoms with Crippen molar-refractivity contribution in [2.75, 3.05) is 23.3 Å². The van der Waals surface area contributed by atoms with Crippen LogP contribution in [0.3, 0.4) is 0 Å². The number of anilines is 2. The van der Waals surface area contributed by atoms with Gasteiger partial charge in [0.2, 0.25) is 5.91 Å². The Bertz CT molecular complexity index is 860. The molecule has 1 aliphatic heterocycles. The molecule has 6 nitrogen and oxygen atoms in total. The van der Waals surface area contributed by atoms with Gasteiger partial charge in [0, 0.05) is 13.1 Å². The molecule has 2 aromatic rings. The highest BCUT2D eigenvalue weighted by atomic mass is 19.4. The van der Waals surface area contributed by atoms with Crippen molar-refractivity contribution in [2.24, 2.45) is 0 Å². The van der Waals surface area contributed by atoms with Crippen molar-refractivity contribution in [3.05, 3.63) is 47.9 Å². The summed E-state index contributed by atoms with van der Waals surface area (Å²) in [6.45, 7) is 2.86. The van der Waals surface area contributed by atoms with E-state index in [1.807, 2.05) is 4.90 Å².